The van der Waals surface area contributed by atoms with Gasteiger partial charge in [-0.3, -0.25) is 9.69 Å². The van der Waals surface area contributed by atoms with Crippen LogP contribution in [0.5, 0.6) is 5.75 Å². The first kappa shape index (κ1) is 26.7. The predicted molar refractivity (Wildman–Crippen MR) is 160 cm³/mol. The first-order valence-electron chi connectivity index (χ1n) is 14.2. The molecule has 40 heavy (non-hydrogen) atoms. The lowest BCUT2D eigenvalue weighted by molar-refractivity contribution is -0.137. The van der Waals surface area contributed by atoms with Crippen molar-refractivity contribution in [3.05, 3.63) is 89.2 Å². The number of carbonyl (C=O) groups excluding carboxylic acids is 1. The fraction of sp³-hybridized carbons (Fsp3) is 0.375. The number of imidazole rings is 1. The van der Waals surface area contributed by atoms with Crippen LogP contribution in [-0.4, -0.2) is 71.6 Å². The summed E-state index contributed by atoms with van der Waals surface area (Å²) in [5.74, 6) is 2.24. The average Bonchev–Trinajstić information content (AvgIpc) is 3.34. The van der Waals surface area contributed by atoms with E-state index in [1.54, 1.807) is 7.11 Å². The van der Waals surface area contributed by atoms with E-state index in [4.69, 9.17) is 21.3 Å². The van der Waals surface area contributed by atoms with Crippen molar-refractivity contribution >= 4 is 34.2 Å². The summed E-state index contributed by atoms with van der Waals surface area (Å²) in [5, 5.41) is 0.740. The zero-order valence-electron chi connectivity index (χ0n) is 23.0. The number of ether oxygens (including phenoxy) is 1. The number of piperazine rings is 1. The molecule has 1 aromatic heterocycles. The van der Waals surface area contributed by atoms with Crippen LogP contribution in [0.4, 0.5) is 5.69 Å². The van der Waals surface area contributed by atoms with Crippen LogP contribution in [-0.2, 0) is 17.9 Å². The maximum atomic E-state index is 13.6. The summed E-state index contributed by atoms with van der Waals surface area (Å²) in [5.41, 5.74) is 4.42. The highest BCUT2D eigenvalue weighted by atomic mass is 35.5. The minimum Gasteiger partial charge on any atom is -0.495 e. The zero-order chi connectivity index (χ0) is 27.5. The molecule has 0 unspecified atom stereocenters. The Morgan fingerprint density at radius 1 is 0.925 bits per heavy atom. The number of methoxy groups -OCH3 is 1. The number of benzene rings is 3. The smallest absolute Gasteiger partial charge is 0.227 e. The van der Waals surface area contributed by atoms with Crippen molar-refractivity contribution in [1.82, 2.24) is 19.4 Å². The van der Waals surface area contributed by atoms with Gasteiger partial charge in [-0.25, -0.2) is 4.98 Å². The number of carbonyl (C=O) groups is 1. The van der Waals surface area contributed by atoms with Gasteiger partial charge in [-0.1, -0.05) is 48.0 Å². The molecule has 3 aromatic carbocycles. The molecule has 0 aliphatic carbocycles. The maximum Gasteiger partial charge on any atom is 0.227 e. The Bertz CT molecular complexity index is 1460. The molecule has 2 aliphatic rings. The molecule has 2 aliphatic heterocycles. The quantitative estimate of drug-likeness (QED) is 0.308. The summed E-state index contributed by atoms with van der Waals surface area (Å²) in [6, 6.07) is 24.4. The van der Waals surface area contributed by atoms with Gasteiger partial charge in [0, 0.05) is 44.3 Å². The molecule has 2 fully saturated rings. The van der Waals surface area contributed by atoms with Gasteiger partial charge in [0.2, 0.25) is 5.91 Å². The van der Waals surface area contributed by atoms with E-state index in [-0.39, 0.29) is 5.92 Å². The van der Waals surface area contributed by atoms with Gasteiger partial charge in [-0.2, -0.15) is 0 Å². The number of likely N-dealkylation sites (tertiary alicyclic amines) is 1. The lowest BCUT2D eigenvalue weighted by Gasteiger charge is -2.40. The molecule has 0 N–H and O–H groups in total. The molecule has 8 heteroatoms. The van der Waals surface area contributed by atoms with Gasteiger partial charge in [-0.05, 0) is 61.3 Å². The van der Waals surface area contributed by atoms with Crippen molar-refractivity contribution in [3.63, 3.8) is 0 Å². The largest absolute Gasteiger partial charge is 0.495 e. The Kier molecular flexibility index (Phi) is 7.93. The first-order chi connectivity index (χ1) is 19.6. The lowest BCUT2D eigenvalue weighted by atomic mass is 9.96. The van der Waals surface area contributed by atoms with E-state index in [2.05, 4.69) is 55.7 Å². The number of hydrogen-bond acceptors (Lipinski definition) is 5. The number of fused-ring (bicyclic) bond motifs is 1. The van der Waals surface area contributed by atoms with E-state index in [0.717, 1.165) is 98.5 Å². The van der Waals surface area contributed by atoms with E-state index in [1.165, 1.54) is 5.56 Å². The second-order valence-electron chi connectivity index (χ2n) is 10.8. The number of nitrogens with zero attached hydrogens (tertiary/aromatic N) is 5. The van der Waals surface area contributed by atoms with E-state index < -0.39 is 0 Å². The Balaban J connectivity index is 1.12. The molecule has 1 atom stereocenters. The maximum absolute atomic E-state index is 13.6. The Morgan fingerprint density at radius 2 is 1.68 bits per heavy atom. The fourth-order valence-electron chi connectivity index (χ4n) is 6.11. The van der Waals surface area contributed by atoms with Crippen LogP contribution >= 0.6 is 11.6 Å². The van der Waals surface area contributed by atoms with Crippen LogP contribution in [0.25, 0.3) is 11.0 Å². The highest BCUT2D eigenvalue weighted by Crippen LogP contribution is 2.29. The molecule has 0 bridgehead atoms. The van der Waals surface area contributed by atoms with Gasteiger partial charge < -0.3 is 19.1 Å². The molecule has 6 rings (SSSR count). The standard InChI is InChI=1S/C32H36ClN5O2/c1-40-30-11-5-4-10-29(30)36-17-19-37(20-18-36)32(39)25-7-6-16-35(22-25)23-31-34-27-8-2-3-9-28(27)38(31)21-24-12-14-26(33)15-13-24/h2-5,8-15,25H,6-7,16-23H2,1H3/t25-/m0/s1. The molecular formula is C32H36ClN5O2. The SMILES string of the molecule is COc1ccccc1N1CCN(C(=O)[C@H]2CCCN(Cc3nc4ccccc4n3Cc3ccc(Cl)cc3)C2)CC1. The molecule has 2 saturated heterocycles. The monoisotopic (exact) mass is 557 g/mol. The molecular weight excluding hydrogens is 522 g/mol. The number of halogens is 1. The molecule has 208 valence electrons. The number of rotatable bonds is 7. The van der Waals surface area contributed by atoms with Crippen molar-refractivity contribution < 1.29 is 9.53 Å². The number of para-hydroxylation sites is 4. The van der Waals surface area contributed by atoms with Crippen molar-refractivity contribution in [1.29, 1.82) is 0 Å². The molecule has 3 heterocycles. The summed E-state index contributed by atoms with van der Waals surface area (Å²) in [4.78, 5) is 25.4. The third-order valence-corrected chi connectivity index (χ3v) is 8.48. The molecule has 1 amide bonds. The van der Waals surface area contributed by atoms with Crippen molar-refractivity contribution in [2.75, 3.05) is 51.3 Å². The average molecular weight is 558 g/mol. The molecule has 0 saturated carbocycles. The van der Waals surface area contributed by atoms with E-state index in [0.29, 0.717) is 5.91 Å². The third kappa shape index (κ3) is 5.67. The van der Waals surface area contributed by atoms with Crippen molar-refractivity contribution in [2.24, 2.45) is 5.92 Å². The molecule has 0 spiro atoms. The number of hydrogen-bond donors (Lipinski definition) is 0. The molecule has 4 aromatic rings. The lowest BCUT2D eigenvalue weighted by Crippen LogP contribution is -2.52. The topological polar surface area (TPSA) is 53.8 Å². The Labute approximate surface area is 240 Å². The number of aromatic nitrogens is 2. The summed E-state index contributed by atoms with van der Waals surface area (Å²) >= 11 is 6.13. The Morgan fingerprint density at radius 3 is 2.48 bits per heavy atom. The minimum atomic E-state index is 0.0284. The van der Waals surface area contributed by atoms with Crippen LogP contribution in [0, 0.1) is 5.92 Å². The van der Waals surface area contributed by atoms with E-state index >= 15 is 0 Å². The second kappa shape index (κ2) is 11.9. The molecule has 0 radical (unpaired) electrons. The van der Waals surface area contributed by atoms with Gasteiger partial charge in [0.1, 0.15) is 11.6 Å². The normalized spacial score (nSPS) is 18.3. The highest BCUT2D eigenvalue weighted by molar-refractivity contribution is 6.30. The van der Waals surface area contributed by atoms with Gasteiger partial charge >= 0.3 is 0 Å². The third-order valence-electron chi connectivity index (χ3n) is 8.22. The molecule has 7 nitrogen and oxygen atoms in total. The Hall–Kier alpha value is -3.55. The van der Waals surface area contributed by atoms with Crippen LogP contribution in [0.3, 0.4) is 0 Å². The number of piperidine rings is 1. The zero-order valence-corrected chi connectivity index (χ0v) is 23.8. The van der Waals surface area contributed by atoms with Gasteiger partial charge in [0.05, 0.1) is 36.3 Å². The summed E-state index contributed by atoms with van der Waals surface area (Å²) in [7, 11) is 1.71. The van der Waals surface area contributed by atoms with Crippen LogP contribution < -0.4 is 9.64 Å². The number of amides is 1. The first-order valence-corrected chi connectivity index (χ1v) is 14.5. The van der Waals surface area contributed by atoms with Crippen molar-refractivity contribution in [2.45, 2.75) is 25.9 Å². The van der Waals surface area contributed by atoms with Gasteiger partial charge in [-0.15, -0.1) is 0 Å². The van der Waals surface area contributed by atoms with E-state index in [1.807, 2.05) is 36.4 Å². The van der Waals surface area contributed by atoms with Crippen molar-refractivity contribution in [3.8, 4) is 5.75 Å². The van der Waals surface area contributed by atoms with Crippen LogP contribution in [0.2, 0.25) is 5.02 Å². The van der Waals surface area contributed by atoms with Crippen LogP contribution in [0.15, 0.2) is 72.8 Å². The number of anilines is 1. The fourth-order valence-corrected chi connectivity index (χ4v) is 6.24. The summed E-state index contributed by atoms with van der Waals surface area (Å²) in [6.07, 6.45) is 1.97. The van der Waals surface area contributed by atoms with Gasteiger partial charge in [0.25, 0.3) is 0 Å². The minimum absolute atomic E-state index is 0.0284. The van der Waals surface area contributed by atoms with Gasteiger partial charge in [0.15, 0.2) is 0 Å². The van der Waals surface area contributed by atoms with E-state index in [9.17, 15) is 4.79 Å². The summed E-state index contributed by atoms with van der Waals surface area (Å²) < 4.78 is 7.86. The van der Waals surface area contributed by atoms with Crippen LogP contribution in [0.1, 0.15) is 24.2 Å². The summed E-state index contributed by atoms with van der Waals surface area (Å²) in [6.45, 7) is 6.33. The second-order valence-corrected chi connectivity index (χ2v) is 11.2. The highest BCUT2D eigenvalue weighted by Gasteiger charge is 2.32. The predicted octanol–water partition coefficient (Wildman–Crippen LogP) is 5.31.